The van der Waals surface area contributed by atoms with E-state index in [1.165, 1.54) is 0 Å². The van der Waals surface area contributed by atoms with Crippen molar-refractivity contribution in [2.75, 3.05) is 7.11 Å². The first kappa shape index (κ1) is 20.8. The Kier molecular flexibility index (Phi) is 7.58. The lowest BCUT2D eigenvalue weighted by Crippen LogP contribution is -2.33. The molecule has 2 N–H and O–H groups in total. The maximum Gasteiger partial charge on any atom is 0.320 e. The molecule has 26 heavy (non-hydrogen) atoms. The Hall–Kier alpha value is -1.47. The molecule has 0 heterocycles. The summed E-state index contributed by atoms with van der Waals surface area (Å²) in [5.41, 5.74) is 1.73. The third kappa shape index (κ3) is 5.51. The summed E-state index contributed by atoms with van der Waals surface area (Å²) in [5, 5.41) is 12.8. The molecule has 1 atom stereocenters. The van der Waals surface area contributed by atoms with E-state index in [0.717, 1.165) is 15.6 Å². The first-order valence-electron chi connectivity index (χ1n) is 7.71. The Morgan fingerprint density at radius 2 is 1.96 bits per heavy atom. The van der Waals surface area contributed by atoms with Crippen LogP contribution in [0.3, 0.4) is 0 Å². The lowest BCUT2D eigenvalue weighted by atomic mass is 10.2. The molecule has 0 saturated heterocycles. The summed E-state index contributed by atoms with van der Waals surface area (Å²) in [6.45, 7) is 2.26. The van der Waals surface area contributed by atoms with Crippen LogP contribution in [0.1, 0.15) is 18.1 Å². The first-order valence-corrected chi connectivity index (χ1v) is 9.26. The number of carboxylic acids is 1. The van der Waals surface area contributed by atoms with Gasteiger partial charge in [-0.2, -0.15) is 0 Å². The van der Waals surface area contributed by atoms with E-state index < -0.39 is 12.0 Å². The van der Waals surface area contributed by atoms with Crippen molar-refractivity contribution < 1.29 is 19.4 Å². The smallest absolute Gasteiger partial charge is 0.320 e. The lowest BCUT2D eigenvalue weighted by Gasteiger charge is -2.15. The summed E-state index contributed by atoms with van der Waals surface area (Å²) in [6.07, 6.45) is 0. The number of carboxylic acid groups (broad SMARTS) is 1. The molecular weight excluding hydrogens is 445 g/mol. The zero-order valence-electron chi connectivity index (χ0n) is 14.2. The minimum atomic E-state index is -0.908. The second-order valence-corrected chi connectivity index (χ2v) is 7.24. The molecule has 0 amide bonds. The number of rotatable bonds is 8. The van der Waals surface area contributed by atoms with Gasteiger partial charge in [0, 0.05) is 11.0 Å². The molecule has 5 nitrogen and oxygen atoms in total. The van der Waals surface area contributed by atoms with Gasteiger partial charge in [-0.25, -0.2) is 0 Å². The quantitative estimate of drug-likeness (QED) is 0.583. The molecule has 0 radical (unpaired) electrons. The molecule has 0 spiro atoms. The van der Waals surface area contributed by atoms with Gasteiger partial charge in [0.25, 0.3) is 0 Å². The summed E-state index contributed by atoms with van der Waals surface area (Å²) < 4.78 is 12.0. The molecule has 0 bridgehead atoms. The van der Waals surface area contributed by atoms with Crippen molar-refractivity contribution in [3.63, 3.8) is 0 Å². The van der Waals surface area contributed by atoms with Crippen LogP contribution in [-0.2, 0) is 17.9 Å². The number of nitrogens with one attached hydrogen (secondary N) is 1. The molecule has 0 aromatic heterocycles. The SMILES string of the molecule is COc1cc(CNC(C)C(=O)O)c(Br)cc1OCc1ccc(Cl)c(Cl)c1. The Labute approximate surface area is 170 Å². The number of carbonyl (C=O) groups is 1. The summed E-state index contributed by atoms with van der Waals surface area (Å²) in [6, 6.07) is 8.24. The van der Waals surface area contributed by atoms with Crippen LogP contribution in [-0.4, -0.2) is 24.2 Å². The zero-order chi connectivity index (χ0) is 19.3. The molecule has 2 aromatic rings. The normalized spacial score (nSPS) is 11.9. The Morgan fingerprint density at radius 3 is 2.58 bits per heavy atom. The molecule has 8 heteroatoms. The standard InChI is InChI=1S/C18H18BrCl2NO4/c1-10(18(23)24)22-8-12-6-16(25-2)17(7-13(12)19)26-9-11-3-4-14(20)15(21)5-11/h3-7,10,22H,8-9H2,1-2H3,(H,23,24). The Morgan fingerprint density at radius 1 is 1.23 bits per heavy atom. The van der Waals surface area contributed by atoms with E-state index in [9.17, 15) is 4.79 Å². The number of ether oxygens (including phenoxy) is 2. The van der Waals surface area contributed by atoms with Crippen LogP contribution in [0.15, 0.2) is 34.8 Å². The Bertz CT molecular complexity index is 801. The molecule has 0 aliphatic carbocycles. The van der Waals surface area contributed by atoms with Crippen LogP contribution in [0.2, 0.25) is 10.0 Å². The summed E-state index contributed by atoms with van der Waals surface area (Å²) in [5.74, 6) is 0.197. The molecule has 2 rings (SSSR count). The third-order valence-corrected chi connectivity index (χ3v) is 5.16. The number of halogens is 3. The van der Waals surface area contributed by atoms with Gasteiger partial charge in [-0.3, -0.25) is 4.79 Å². The van der Waals surface area contributed by atoms with Crippen molar-refractivity contribution in [2.45, 2.75) is 26.1 Å². The predicted molar refractivity (Wildman–Crippen MR) is 105 cm³/mol. The molecule has 0 aliphatic heterocycles. The second-order valence-electron chi connectivity index (χ2n) is 5.57. The van der Waals surface area contributed by atoms with Crippen LogP contribution in [0.4, 0.5) is 0 Å². The molecule has 1 unspecified atom stereocenters. The average molecular weight is 463 g/mol. The van der Waals surface area contributed by atoms with Crippen LogP contribution < -0.4 is 14.8 Å². The van der Waals surface area contributed by atoms with Crippen molar-refractivity contribution in [1.82, 2.24) is 5.32 Å². The third-order valence-electron chi connectivity index (χ3n) is 3.68. The maximum absolute atomic E-state index is 10.9. The van der Waals surface area contributed by atoms with Crippen LogP contribution in [0.5, 0.6) is 11.5 Å². The molecule has 0 saturated carbocycles. The lowest BCUT2D eigenvalue weighted by molar-refractivity contribution is -0.139. The van der Waals surface area contributed by atoms with Crippen LogP contribution >= 0.6 is 39.1 Å². The van der Waals surface area contributed by atoms with E-state index in [0.29, 0.717) is 34.7 Å². The minimum Gasteiger partial charge on any atom is -0.493 e. The molecule has 140 valence electrons. The van der Waals surface area contributed by atoms with Crippen molar-refractivity contribution in [2.24, 2.45) is 0 Å². The van der Waals surface area contributed by atoms with Gasteiger partial charge in [0.1, 0.15) is 12.6 Å². The summed E-state index contributed by atoms with van der Waals surface area (Å²) in [7, 11) is 1.55. The van der Waals surface area contributed by atoms with Gasteiger partial charge in [-0.05, 0) is 42.3 Å². The maximum atomic E-state index is 10.9. The van der Waals surface area contributed by atoms with Crippen molar-refractivity contribution in [3.05, 3.63) is 56.0 Å². The first-order chi connectivity index (χ1) is 12.3. The fraction of sp³-hybridized carbons (Fsp3) is 0.278. The van der Waals surface area contributed by atoms with Crippen LogP contribution in [0, 0.1) is 0 Å². The van der Waals surface area contributed by atoms with Crippen LogP contribution in [0.25, 0.3) is 0 Å². The van der Waals surface area contributed by atoms with Crippen molar-refractivity contribution >= 4 is 45.1 Å². The van der Waals surface area contributed by atoms with Crippen molar-refractivity contribution in [1.29, 1.82) is 0 Å². The topological polar surface area (TPSA) is 67.8 Å². The van der Waals surface area contributed by atoms with Gasteiger partial charge in [0.2, 0.25) is 0 Å². The number of methoxy groups -OCH3 is 1. The van der Waals surface area contributed by atoms with E-state index >= 15 is 0 Å². The number of hydrogen-bond donors (Lipinski definition) is 2. The fourth-order valence-electron chi connectivity index (χ4n) is 2.13. The Balaban J connectivity index is 2.12. The minimum absolute atomic E-state index is 0.299. The van der Waals surface area contributed by atoms with Gasteiger partial charge < -0.3 is 19.9 Å². The highest BCUT2D eigenvalue weighted by Gasteiger charge is 2.14. The van der Waals surface area contributed by atoms with Crippen molar-refractivity contribution in [3.8, 4) is 11.5 Å². The zero-order valence-corrected chi connectivity index (χ0v) is 17.3. The van der Waals surface area contributed by atoms with E-state index in [1.807, 2.05) is 6.07 Å². The summed E-state index contributed by atoms with van der Waals surface area (Å²) in [4.78, 5) is 10.9. The average Bonchev–Trinajstić information content (AvgIpc) is 2.61. The highest BCUT2D eigenvalue weighted by atomic mass is 79.9. The fourth-order valence-corrected chi connectivity index (χ4v) is 2.91. The van der Waals surface area contributed by atoms with Gasteiger partial charge in [-0.15, -0.1) is 0 Å². The van der Waals surface area contributed by atoms with E-state index in [4.69, 9.17) is 37.8 Å². The number of benzene rings is 2. The number of aliphatic carboxylic acids is 1. The van der Waals surface area contributed by atoms with Gasteiger partial charge in [0.15, 0.2) is 11.5 Å². The highest BCUT2D eigenvalue weighted by molar-refractivity contribution is 9.10. The predicted octanol–water partition coefficient (Wildman–Crippen LogP) is 4.91. The monoisotopic (exact) mass is 461 g/mol. The van der Waals surface area contributed by atoms with Gasteiger partial charge >= 0.3 is 5.97 Å². The molecule has 2 aromatic carbocycles. The summed E-state index contributed by atoms with van der Waals surface area (Å²) >= 11 is 15.4. The molecule has 0 fully saturated rings. The highest BCUT2D eigenvalue weighted by Crippen LogP contribution is 2.34. The van der Waals surface area contributed by atoms with E-state index in [2.05, 4.69) is 21.2 Å². The van der Waals surface area contributed by atoms with Gasteiger partial charge in [-0.1, -0.05) is 45.2 Å². The molecule has 0 aliphatic rings. The molecular formula is C18H18BrCl2NO4. The number of hydrogen-bond acceptors (Lipinski definition) is 4. The largest absolute Gasteiger partial charge is 0.493 e. The second kappa shape index (κ2) is 9.46. The van der Waals surface area contributed by atoms with E-state index in [-0.39, 0.29) is 0 Å². The van der Waals surface area contributed by atoms with E-state index in [1.54, 1.807) is 38.3 Å². The van der Waals surface area contributed by atoms with Gasteiger partial charge in [0.05, 0.1) is 17.2 Å².